The molecule has 1 aromatic heterocycles. The highest BCUT2D eigenvalue weighted by Crippen LogP contribution is 2.39. The number of hydrogen-bond donors (Lipinski definition) is 0. The van der Waals surface area contributed by atoms with Gasteiger partial charge >= 0.3 is 12.1 Å². The summed E-state index contributed by atoms with van der Waals surface area (Å²) in [7, 11) is 0. The molecule has 5 aromatic rings. The molecule has 13 heteroatoms. The van der Waals surface area contributed by atoms with Crippen LogP contribution in [-0.4, -0.2) is 23.3 Å². The van der Waals surface area contributed by atoms with E-state index in [1.54, 1.807) is 30.3 Å². The van der Waals surface area contributed by atoms with Crippen molar-refractivity contribution < 1.29 is 27.4 Å². The van der Waals surface area contributed by atoms with Crippen molar-refractivity contribution in [2.45, 2.75) is 25.7 Å². The summed E-state index contributed by atoms with van der Waals surface area (Å²) < 4.78 is 55.9. The number of esters is 1. The number of thiazole rings is 1. The third kappa shape index (κ3) is 6.56. The molecule has 0 aliphatic carbocycles. The van der Waals surface area contributed by atoms with E-state index in [4.69, 9.17) is 44.3 Å². The van der Waals surface area contributed by atoms with E-state index >= 15 is 0 Å². The number of carbonyl (C=O) groups excluding carboxylic acids is 1. The van der Waals surface area contributed by atoms with Crippen molar-refractivity contribution in [1.29, 1.82) is 0 Å². The number of ether oxygens (including phenoxy) is 2. The van der Waals surface area contributed by atoms with Gasteiger partial charge in [-0.1, -0.05) is 94.7 Å². The first-order valence-electron chi connectivity index (χ1n) is 14.1. The maximum atomic E-state index is 14.5. The Morgan fingerprint density at radius 1 is 1.00 bits per heavy atom. The predicted octanol–water partition coefficient (Wildman–Crippen LogP) is 8.03. The molecular weight excluding hydrogens is 696 g/mol. The zero-order valence-electron chi connectivity index (χ0n) is 24.3. The van der Waals surface area contributed by atoms with Crippen molar-refractivity contribution in [3.63, 3.8) is 0 Å². The van der Waals surface area contributed by atoms with E-state index in [9.17, 15) is 22.8 Å². The van der Waals surface area contributed by atoms with Crippen molar-refractivity contribution in [2.24, 2.45) is 4.99 Å². The molecule has 0 spiro atoms. The second kappa shape index (κ2) is 13.2. The standard InChI is InChI=1S/C34H22Cl3F3N2O4S/c1-2-45-32(44)28-29(20-8-11-21(35)12-9-20)42-31(43)27(47-33(42)41-30(28)34(38,39)40)16-23-22-6-4-3-5-19(22)10-14-26(23)46-17-18-7-13-24(36)25(37)15-18/h3-16,29H,2,17H2,1H3/b27-16-/t29-/m1/s1. The smallest absolute Gasteiger partial charge is 0.434 e. The average molecular weight is 718 g/mol. The van der Waals surface area contributed by atoms with Gasteiger partial charge in [-0.05, 0) is 65.2 Å². The molecule has 0 saturated heterocycles. The minimum atomic E-state index is -5.02. The molecular formula is C34H22Cl3F3N2O4S. The van der Waals surface area contributed by atoms with Crippen LogP contribution in [0.5, 0.6) is 5.75 Å². The topological polar surface area (TPSA) is 69.9 Å². The summed E-state index contributed by atoms with van der Waals surface area (Å²) in [5.74, 6) is -0.817. The normalized spacial score (nSPS) is 15.0. The van der Waals surface area contributed by atoms with Crippen molar-refractivity contribution >= 4 is 69.0 Å². The van der Waals surface area contributed by atoms with Gasteiger partial charge in [-0.3, -0.25) is 9.36 Å². The predicted molar refractivity (Wildman–Crippen MR) is 177 cm³/mol. The molecule has 1 atom stereocenters. The van der Waals surface area contributed by atoms with Gasteiger partial charge in [0.05, 0.1) is 32.8 Å². The first-order valence-corrected chi connectivity index (χ1v) is 16.1. The van der Waals surface area contributed by atoms with Gasteiger partial charge in [-0.25, -0.2) is 9.79 Å². The lowest BCUT2D eigenvalue weighted by Gasteiger charge is -2.26. The number of carbonyl (C=O) groups is 1. The molecule has 0 unspecified atom stereocenters. The number of aromatic nitrogens is 1. The molecule has 6 rings (SSSR count). The minimum Gasteiger partial charge on any atom is -0.488 e. The maximum Gasteiger partial charge on any atom is 0.434 e. The summed E-state index contributed by atoms with van der Waals surface area (Å²) in [5.41, 5.74) is -1.39. The first kappa shape index (κ1) is 32.8. The van der Waals surface area contributed by atoms with Crippen molar-refractivity contribution in [2.75, 3.05) is 6.61 Å². The van der Waals surface area contributed by atoms with Crippen molar-refractivity contribution in [3.8, 4) is 5.75 Å². The molecule has 0 amide bonds. The number of rotatable bonds is 7. The largest absolute Gasteiger partial charge is 0.488 e. The fourth-order valence-corrected chi connectivity index (χ4v) is 6.70. The van der Waals surface area contributed by atoms with Gasteiger partial charge in [-0.15, -0.1) is 0 Å². The third-order valence-corrected chi connectivity index (χ3v) is 9.34. The van der Waals surface area contributed by atoms with Crippen molar-refractivity contribution in [3.05, 3.63) is 142 Å². The second-order valence-electron chi connectivity index (χ2n) is 10.4. The van der Waals surface area contributed by atoms with E-state index in [1.165, 1.54) is 31.2 Å². The van der Waals surface area contributed by atoms with Gasteiger partial charge in [0.25, 0.3) is 5.56 Å². The van der Waals surface area contributed by atoms with Crippen LogP contribution >= 0.6 is 46.1 Å². The highest BCUT2D eigenvalue weighted by molar-refractivity contribution is 7.07. The summed E-state index contributed by atoms with van der Waals surface area (Å²) in [4.78, 5) is 30.9. The first-order chi connectivity index (χ1) is 22.5. The molecule has 1 aliphatic rings. The molecule has 0 saturated carbocycles. The number of alkyl halides is 3. The molecule has 47 heavy (non-hydrogen) atoms. The van der Waals surface area contributed by atoms with Gasteiger partial charge in [0, 0.05) is 10.6 Å². The molecule has 4 aromatic carbocycles. The second-order valence-corrected chi connectivity index (χ2v) is 12.6. The van der Waals surface area contributed by atoms with Crippen LogP contribution in [0.4, 0.5) is 13.2 Å². The van der Waals surface area contributed by atoms with Gasteiger partial charge < -0.3 is 9.47 Å². The molecule has 0 radical (unpaired) electrons. The fourth-order valence-electron chi connectivity index (χ4n) is 5.27. The molecule has 0 N–H and O–H groups in total. The summed E-state index contributed by atoms with van der Waals surface area (Å²) >= 11 is 19.1. The van der Waals surface area contributed by atoms with Crippen LogP contribution in [0.15, 0.2) is 99.9 Å². The van der Waals surface area contributed by atoms with E-state index < -0.39 is 35.0 Å². The average Bonchev–Trinajstić information content (AvgIpc) is 3.35. The van der Waals surface area contributed by atoms with E-state index in [0.717, 1.165) is 32.2 Å². The number of benzene rings is 4. The number of allylic oxidation sites excluding steroid dienone is 1. The summed E-state index contributed by atoms with van der Waals surface area (Å²) in [6.45, 7) is 1.41. The Balaban J connectivity index is 1.57. The lowest BCUT2D eigenvalue weighted by atomic mass is 9.95. The van der Waals surface area contributed by atoms with E-state index in [-0.39, 0.29) is 28.1 Å². The number of nitrogens with zero attached hydrogens (tertiary/aromatic N) is 2. The Morgan fingerprint density at radius 3 is 2.45 bits per heavy atom. The molecule has 0 bridgehead atoms. The van der Waals surface area contributed by atoms with Gasteiger partial charge in [-0.2, -0.15) is 13.2 Å². The zero-order valence-corrected chi connectivity index (χ0v) is 27.4. The van der Waals surface area contributed by atoms with Crippen LogP contribution in [0.1, 0.15) is 29.7 Å². The highest BCUT2D eigenvalue weighted by Gasteiger charge is 2.45. The molecule has 1 aliphatic heterocycles. The van der Waals surface area contributed by atoms with Gasteiger partial charge in [0.15, 0.2) is 10.5 Å². The van der Waals surface area contributed by atoms with Crippen LogP contribution in [0.2, 0.25) is 15.1 Å². The van der Waals surface area contributed by atoms with Crippen LogP contribution in [0.25, 0.3) is 16.8 Å². The molecule has 240 valence electrons. The van der Waals surface area contributed by atoms with Crippen LogP contribution < -0.4 is 19.6 Å². The SMILES string of the molecule is CCOC(=O)C1=C(C(F)(F)F)N=c2s/c(=C\c3c(OCc4ccc(Cl)c(Cl)c4)ccc4ccccc34)c(=O)n2[C@@H]1c1ccc(Cl)cc1. The Kier molecular flexibility index (Phi) is 9.22. The summed E-state index contributed by atoms with van der Waals surface area (Å²) in [6, 6.07) is 20.5. The van der Waals surface area contributed by atoms with E-state index in [2.05, 4.69) is 4.99 Å². The molecule has 6 nitrogen and oxygen atoms in total. The van der Waals surface area contributed by atoms with Crippen LogP contribution in [-0.2, 0) is 16.1 Å². The van der Waals surface area contributed by atoms with E-state index in [1.807, 2.05) is 30.3 Å². The quantitative estimate of drug-likeness (QED) is 0.160. The summed E-state index contributed by atoms with van der Waals surface area (Å²) in [6.07, 6.45) is -3.46. The highest BCUT2D eigenvalue weighted by atomic mass is 35.5. The zero-order chi connectivity index (χ0) is 33.5. The maximum absolute atomic E-state index is 14.5. The van der Waals surface area contributed by atoms with Gasteiger partial charge in [0.2, 0.25) is 0 Å². The van der Waals surface area contributed by atoms with Crippen molar-refractivity contribution in [1.82, 2.24) is 4.57 Å². The van der Waals surface area contributed by atoms with Gasteiger partial charge in [0.1, 0.15) is 12.4 Å². The number of fused-ring (bicyclic) bond motifs is 2. The molecule has 2 heterocycles. The van der Waals surface area contributed by atoms with E-state index in [0.29, 0.717) is 26.4 Å². The number of halogens is 6. The molecule has 0 fully saturated rings. The lowest BCUT2D eigenvalue weighted by Crippen LogP contribution is -2.41. The van der Waals surface area contributed by atoms with Crippen LogP contribution in [0.3, 0.4) is 0 Å². The lowest BCUT2D eigenvalue weighted by molar-refractivity contribution is -0.140. The minimum absolute atomic E-state index is 0.0742. The third-order valence-electron chi connectivity index (χ3n) is 7.37. The fraction of sp³-hybridized carbons (Fsp3) is 0.147. The van der Waals surface area contributed by atoms with Crippen LogP contribution in [0, 0.1) is 0 Å². The monoisotopic (exact) mass is 716 g/mol. The Morgan fingerprint density at radius 2 is 1.74 bits per heavy atom. The Bertz CT molecular complexity index is 2250. The Labute approximate surface area is 284 Å². The summed E-state index contributed by atoms with van der Waals surface area (Å²) in [5, 5.41) is 2.67. The number of hydrogen-bond acceptors (Lipinski definition) is 6. The Hall–Kier alpha value is -4.09.